The number of urea groups is 1. The number of aromatic carboxylic acids is 1. The number of carboxylic acids is 1. The number of hydrogen-bond donors (Lipinski definition) is 3. The molecule has 11 nitrogen and oxygen atoms in total. The van der Waals surface area contributed by atoms with Gasteiger partial charge < -0.3 is 15.2 Å². The van der Waals surface area contributed by atoms with Gasteiger partial charge in [-0.15, -0.1) is 0 Å². The summed E-state index contributed by atoms with van der Waals surface area (Å²) in [5, 5.41) is 13.7. The van der Waals surface area contributed by atoms with Crippen LogP contribution in [0.5, 0.6) is 5.75 Å². The molecule has 0 saturated heterocycles. The van der Waals surface area contributed by atoms with E-state index in [0.29, 0.717) is 22.6 Å². The Hall–Kier alpha value is -4.62. The molecule has 0 aliphatic heterocycles. The van der Waals surface area contributed by atoms with Crippen molar-refractivity contribution in [1.29, 1.82) is 0 Å². The number of nitrogens with zero attached hydrogens (tertiary/aromatic N) is 2. The van der Waals surface area contributed by atoms with Gasteiger partial charge in [0.2, 0.25) is 9.84 Å². The summed E-state index contributed by atoms with van der Waals surface area (Å²) in [4.78, 5) is 44.6. The van der Waals surface area contributed by atoms with E-state index in [0.717, 1.165) is 30.1 Å². The van der Waals surface area contributed by atoms with E-state index in [2.05, 4.69) is 20.6 Å². The van der Waals surface area contributed by atoms with E-state index < -0.39 is 21.8 Å². The second kappa shape index (κ2) is 10.8. The van der Waals surface area contributed by atoms with E-state index >= 15 is 0 Å². The molecule has 2 amide bonds. The highest BCUT2D eigenvalue weighted by Crippen LogP contribution is 2.29. The molecule has 0 radical (unpaired) electrons. The molecule has 0 saturated carbocycles. The molecule has 3 N–H and O–H groups in total. The molecule has 13 heteroatoms. The lowest BCUT2D eigenvalue weighted by Gasteiger charge is -2.13. The van der Waals surface area contributed by atoms with Gasteiger partial charge in [-0.3, -0.25) is 10.1 Å². The zero-order valence-electron chi connectivity index (χ0n) is 20.0. The lowest BCUT2D eigenvalue weighted by atomic mass is 9.99. The Labute approximate surface area is 221 Å². The second-order valence-corrected chi connectivity index (χ2v) is 11.0. The third kappa shape index (κ3) is 5.53. The van der Waals surface area contributed by atoms with Gasteiger partial charge in [-0.25, -0.2) is 28.0 Å². The van der Waals surface area contributed by atoms with E-state index in [4.69, 9.17) is 9.84 Å². The van der Waals surface area contributed by atoms with Crippen molar-refractivity contribution in [1.82, 2.24) is 9.97 Å². The third-order valence-electron chi connectivity index (χ3n) is 5.25. The van der Waals surface area contributed by atoms with E-state index in [1.807, 2.05) is 6.92 Å². The first-order valence-electron chi connectivity index (χ1n) is 10.9. The topological polar surface area (TPSA) is 165 Å². The molecule has 0 bridgehead atoms. The first-order valence-corrected chi connectivity index (χ1v) is 13.2. The summed E-state index contributed by atoms with van der Waals surface area (Å²) in [5.74, 6) is -1.21. The van der Waals surface area contributed by atoms with Gasteiger partial charge in [0, 0.05) is 11.8 Å². The number of ketones is 1. The number of rotatable bonds is 8. The Morgan fingerprint density at radius 2 is 1.71 bits per heavy atom. The van der Waals surface area contributed by atoms with Crippen LogP contribution in [0.15, 0.2) is 76.2 Å². The number of nitrogens with one attached hydrogen (secondary N) is 2. The number of anilines is 2. The normalized spacial score (nSPS) is 11.0. The van der Waals surface area contributed by atoms with E-state index in [-0.39, 0.29) is 37.0 Å². The van der Waals surface area contributed by atoms with Crippen LogP contribution >= 0.6 is 11.3 Å². The molecule has 4 aromatic rings. The number of benzene rings is 2. The molecule has 194 valence electrons. The van der Waals surface area contributed by atoms with Crippen LogP contribution in [0.4, 0.5) is 15.6 Å². The van der Waals surface area contributed by atoms with Gasteiger partial charge in [-0.1, -0.05) is 35.1 Å². The molecule has 2 aromatic heterocycles. The molecule has 0 atom stereocenters. The fraction of sp³-hybridized carbons (Fsp3) is 0.0800. The molecule has 2 aromatic carbocycles. The third-order valence-corrected chi connectivity index (χ3v) is 8.29. The molecule has 0 aliphatic carbocycles. The highest BCUT2D eigenvalue weighted by molar-refractivity contribution is 7.93. The SMILES string of the molecule is COc1ccccc1C(=O)c1cc(C)ccc1NC(=O)Nc1ncc(S(=O)(=O)c2ccc(C(=O)O)cn2)s1. The fourth-order valence-corrected chi connectivity index (χ4v) is 5.71. The van der Waals surface area contributed by atoms with Crippen molar-refractivity contribution >= 4 is 49.8 Å². The number of carboxylic acid groups (broad SMARTS) is 1. The number of carbonyl (C=O) groups is 3. The number of aromatic nitrogens is 2. The van der Waals surface area contributed by atoms with E-state index in [9.17, 15) is 22.8 Å². The van der Waals surface area contributed by atoms with Gasteiger partial charge in [-0.2, -0.15) is 0 Å². The largest absolute Gasteiger partial charge is 0.496 e. The van der Waals surface area contributed by atoms with Crippen LogP contribution in [0.3, 0.4) is 0 Å². The molecular weight excluding hydrogens is 532 g/mol. The van der Waals surface area contributed by atoms with Gasteiger partial charge in [0.25, 0.3) is 0 Å². The minimum absolute atomic E-state index is 0.0204. The van der Waals surface area contributed by atoms with E-state index in [1.165, 1.54) is 7.11 Å². The van der Waals surface area contributed by atoms with Crippen LogP contribution in [-0.4, -0.2) is 48.4 Å². The molecule has 0 unspecified atom stereocenters. The first-order chi connectivity index (χ1) is 18.1. The maximum atomic E-state index is 13.3. The number of carbonyl (C=O) groups excluding carboxylic acids is 2. The molecule has 0 aliphatic rings. The van der Waals surface area contributed by atoms with Crippen LogP contribution in [-0.2, 0) is 9.84 Å². The Balaban J connectivity index is 1.53. The Morgan fingerprint density at radius 1 is 0.947 bits per heavy atom. The number of sulfone groups is 1. The zero-order valence-corrected chi connectivity index (χ0v) is 21.6. The monoisotopic (exact) mass is 552 g/mol. The summed E-state index contributed by atoms with van der Waals surface area (Å²) in [5.41, 5.74) is 1.43. The lowest BCUT2D eigenvalue weighted by Crippen LogP contribution is -2.21. The number of amides is 2. The summed E-state index contributed by atoms with van der Waals surface area (Å²) in [6, 6.07) is 13.1. The van der Waals surface area contributed by atoms with Crippen molar-refractivity contribution in [2.45, 2.75) is 16.2 Å². The average Bonchev–Trinajstić information content (AvgIpc) is 3.38. The van der Waals surface area contributed by atoms with Crippen molar-refractivity contribution in [2.24, 2.45) is 0 Å². The van der Waals surface area contributed by atoms with Crippen molar-refractivity contribution in [3.8, 4) is 5.75 Å². The molecule has 4 rings (SSSR count). The number of aryl methyl sites for hydroxylation is 1. The standard InChI is InChI=1S/C25H20N4O7S2/c1-14-7-9-18(17(11-14)22(30)16-5-3-4-6-19(16)36-2)28-24(33)29-25-27-13-21(37-25)38(34,35)20-10-8-15(12-26-20)23(31)32/h3-13H,1-2H3,(H,31,32)(H2,27,28,29,33). The number of methoxy groups -OCH3 is 1. The number of para-hydroxylation sites is 1. The van der Waals surface area contributed by atoms with Crippen molar-refractivity contribution in [2.75, 3.05) is 17.7 Å². The molecule has 0 spiro atoms. The maximum Gasteiger partial charge on any atom is 0.337 e. The van der Waals surface area contributed by atoms with Gasteiger partial charge in [0.1, 0.15) is 9.96 Å². The van der Waals surface area contributed by atoms with Crippen LogP contribution in [0.2, 0.25) is 0 Å². The fourth-order valence-electron chi connectivity index (χ4n) is 3.39. The number of pyridine rings is 1. The first kappa shape index (κ1) is 26.4. The average molecular weight is 553 g/mol. The number of thiazole rings is 1. The maximum absolute atomic E-state index is 13.3. The number of hydrogen-bond acceptors (Lipinski definition) is 9. The molecular formula is C25H20N4O7S2. The van der Waals surface area contributed by atoms with Gasteiger partial charge in [0.05, 0.1) is 30.1 Å². The molecule has 2 heterocycles. The van der Waals surface area contributed by atoms with Crippen LogP contribution in [0.25, 0.3) is 0 Å². The number of ether oxygens (including phenoxy) is 1. The Bertz CT molecular complexity index is 1650. The van der Waals surface area contributed by atoms with Crippen molar-refractivity contribution in [3.63, 3.8) is 0 Å². The summed E-state index contributed by atoms with van der Waals surface area (Å²) in [6.45, 7) is 1.81. The smallest absolute Gasteiger partial charge is 0.337 e. The van der Waals surface area contributed by atoms with Gasteiger partial charge in [0.15, 0.2) is 15.9 Å². The Kier molecular flexibility index (Phi) is 7.50. The van der Waals surface area contributed by atoms with Crippen LogP contribution in [0.1, 0.15) is 31.8 Å². The predicted molar refractivity (Wildman–Crippen MR) is 139 cm³/mol. The molecule has 0 fully saturated rings. The van der Waals surface area contributed by atoms with Crippen LogP contribution < -0.4 is 15.4 Å². The second-order valence-electron chi connectivity index (χ2n) is 7.84. The van der Waals surface area contributed by atoms with Gasteiger partial charge >= 0.3 is 12.0 Å². The van der Waals surface area contributed by atoms with Crippen LogP contribution in [0, 0.1) is 6.92 Å². The minimum atomic E-state index is -4.09. The minimum Gasteiger partial charge on any atom is -0.496 e. The lowest BCUT2D eigenvalue weighted by molar-refractivity contribution is 0.0696. The summed E-state index contributed by atoms with van der Waals surface area (Å²) in [6.07, 6.45) is 2.00. The summed E-state index contributed by atoms with van der Waals surface area (Å²) in [7, 11) is -2.63. The zero-order chi connectivity index (χ0) is 27.4. The highest BCUT2D eigenvalue weighted by Gasteiger charge is 2.24. The van der Waals surface area contributed by atoms with E-state index in [1.54, 1.807) is 42.5 Å². The van der Waals surface area contributed by atoms with Crippen molar-refractivity contribution < 1.29 is 32.6 Å². The molecule has 38 heavy (non-hydrogen) atoms. The van der Waals surface area contributed by atoms with Crippen molar-refractivity contribution in [3.05, 3.63) is 89.2 Å². The summed E-state index contributed by atoms with van der Waals surface area (Å²) < 4.78 is 30.7. The summed E-state index contributed by atoms with van der Waals surface area (Å²) >= 11 is 0.688. The Morgan fingerprint density at radius 3 is 2.39 bits per heavy atom. The van der Waals surface area contributed by atoms with Gasteiger partial charge in [-0.05, 0) is 43.3 Å². The highest BCUT2D eigenvalue weighted by atomic mass is 32.2. The quantitative estimate of drug-likeness (QED) is 0.271. The predicted octanol–water partition coefficient (Wildman–Crippen LogP) is 4.26.